The summed E-state index contributed by atoms with van der Waals surface area (Å²) >= 11 is 5.24. The van der Waals surface area contributed by atoms with Crippen molar-refractivity contribution in [1.29, 1.82) is 0 Å². The Kier molecular flexibility index (Phi) is 2.51. The van der Waals surface area contributed by atoms with Crippen LogP contribution in [-0.4, -0.2) is 16.1 Å². The summed E-state index contributed by atoms with van der Waals surface area (Å²) in [7, 11) is 0. The summed E-state index contributed by atoms with van der Waals surface area (Å²) in [4.78, 5) is 15.1. The average molecular weight is 189 g/mol. The monoisotopic (exact) mass is 189 g/mol. The summed E-state index contributed by atoms with van der Waals surface area (Å²) in [5, 5.41) is 7.85. The van der Waals surface area contributed by atoms with Crippen molar-refractivity contribution in [3.63, 3.8) is 0 Å². The van der Waals surface area contributed by atoms with Crippen molar-refractivity contribution >= 4 is 29.9 Å². The Morgan fingerprint density at radius 3 is 2.91 bits per heavy atom. The highest BCUT2D eigenvalue weighted by molar-refractivity contribution is 7.81. The zero-order chi connectivity index (χ0) is 8.43. The smallest absolute Gasteiger partial charge is 0.321 e. The summed E-state index contributed by atoms with van der Waals surface area (Å²) in [5.41, 5.74) is 2.37. The second-order valence-corrected chi connectivity index (χ2v) is 3.45. The molecule has 0 aliphatic rings. The third-order valence-corrected chi connectivity index (χ3v) is 2.91. The van der Waals surface area contributed by atoms with Gasteiger partial charge in [0.1, 0.15) is 5.25 Å². The van der Waals surface area contributed by atoms with Crippen LogP contribution in [-0.2, 0) is 4.79 Å². The highest BCUT2D eigenvalue weighted by Gasteiger charge is 2.18. The molecule has 1 rings (SSSR count). The van der Waals surface area contributed by atoms with Gasteiger partial charge < -0.3 is 5.11 Å². The van der Waals surface area contributed by atoms with Gasteiger partial charge in [-0.2, -0.15) is 12.6 Å². The molecule has 0 aromatic carbocycles. The maximum absolute atomic E-state index is 10.5. The van der Waals surface area contributed by atoms with Crippen LogP contribution in [0.5, 0.6) is 0 Å². The van der Waals surface area contributed by atoms with Crippen LogP contribution in [0.15, 0.2) is 5.51 Å². The molecule has 0 aliphatic carbocycles. The van der Waals surface area contributed by atoms with Gasteiger partial charge in [-0.3, -0.25) is 4.79 Å². The summed E-state index contributed by atoms with van der Waals surface area (Å²) in [6.07, 6.45) is 0. The van der Waals surface area contributed by atoms with E-state index in [1.165, 1.54) is 11.3 Å². The number of thiazole rings is 1. The zero-order valence-corrected chi connectivity index (χ0v) is 7.52. The molecule has 1 N–H and O–H groups in total. The molecule has 1 aromatic rings. The minimum absolute atomic E-state index is 0.709. The Bertz CT molecular complexity index is 271. The summed E-state index contributed by atoms with van der Waals surface area (Å²) in [5.74, 6) is -0.930. The van der Waals surface area contributed by atoms with Crippen LogP contribution in [0.3, 0.4) is 0 Å². The van der Waals surface area contributed by atoms with E-state index in [0.717, 1.165) is 5.69 Å². The van der Waals surface area contributed by atoms with E-state index in [4.69, 9.17) is 5.11 Å². The van der Waals surface area contributed by atoms with Crippen LogP contribution >= 0.6 is 24.0 Å². The van der Waals surface area contributed by atoms with E-state index in [1.807, 2.05) is 0 Å². The molecule has 0 saturated heterocycles. The van der Waals surface area contributed by atoms with Crippen molar-refractivity contribution in [3.05, 3.63) is 16.1 Å². The van der Waals surface area contributed by atoms with Crippen LogP contribution in [0, 0.1) is 6.92 Å². The quantitative estimate of drug-likeness (QED) is 0.693. The molecule has 0 aliphatic heterocycles. The molecule has 1 atom stereocenters. The second-order valence-electron chi connectivity index (χ2n) is 2.04. The third kappa shape index (κ3) is 1.72. The van der Waals surface area contributed by atoms with Crippen molar-refractivity contribution in [2.75, 3.05) is 0 Å². The molecular weight excluding hydrogens is 182 g/mol. The summed E-state index contributed by atoms with van der Waals surface area (Å²) in [6, 6.07) is 0. The van der Waals surface area contributed by atoms with Crippen LogP contribution < -0.4 is 0 Å². The molecule has 0 bridgehead atoms. The van der Waals surface area contributed by atoms with E-state index in [-0.39, 0.29) is 0 Å². The van der Waals surface area contributed by atoms with E-state index in [9.17, 15) is 4.79 Å². The SMILES string of the molecule is Cc1ncsc1C(S)C(=O)O. The van der Waals surface area contributed by atoms with E-state index >= 15 is 0 Å². The molecule has 5 heteroatoms. The van der Waals surface area contributed by atoms with Gasteiger partial charge in [0.05, 0.1) is 16.1 Å². The number of hydrogen-bond acceptors (Lipinski definition) is 4. The van der Waals surface area contributed by atoms with Gasteiger partial charge in [-0.1, -0.05) is 0 Å². The molecular formula is C6H7NO2S2. The van der Waals surface area contributed by atoms with Crippen molar-refractivity contribution < 1.29 is 9.90 Å². The molecule has 0 amide bonds. The molecule has 3 nitrogen and oxygen atoms in total. The Balaban J connectivity index is 2.92. The molecule has 0 radical (unpaired) electrons. The average Bonchev–Trinajstić information content (AvgIpc) is 2.33. The predicted octanol–water partition coefficient (Wildman–Crippen LogP) is 1.51. The molecule has 0 saturated carbocycles. The minimum atomic E-state index is -0.930. The molecule has 11 heavy (non-hydrogen) atoms. The van der Waals surface area contributed by atoms with E-state index in [1.54, 1.807) is 12.4 Å². The van der Waals surface area contributed by atoms with Crippen LogP contribution in [0.2, 0.25) is 0 Å². The van der Waals surface area contributed by atoms with Crippen molar-refractivity contribution in [2.24, 2.45) is 0 Å². The molecule has 1 heterocycles. The molecule has 1 aromatic heterocycles. The van der Waals surface area contributed by atoms with Crippen LogP contribution in [0.1, 0.15) is 15.8 Å². The van der Waals surface area contributed by atoms with Gasteiger partial charge in [0, 0.05) is 0 Å². The Labute approximate surface area is 73.5 Å². The lowest BCUT2D eigenvalue weighted by Crippen LogP contribution is -2.04. The predicted molar refractivity (Wildman–Crippen MR) is 46.2 cm³/mol. The number of carboxylic acid groups (broad SMARTS) is 1. The third-order valence-electron chi connectivity index (χ3n) is 1.26. The molecule has 60 valence electrons. The highest BCUT2D eigenvalue weighted by atomic mass is 32.1. The number of carboxylic acids is 1. The lowest BCUT2D eigenvalue weighted by molar-refractivity contribution is -0.136. The lowest BCUT2D eigenvalue weighted by Gasteiger charge is -2.01. The fourth-order valence-electron chi connectivity index (χ4n) is 0.686. The zero-order valence-electron chi connectivity index (χ0n) is 5.81. The first-order valence-electron chi connectivity index (χ1n) is 2.93. The first kappa shape index (κ1) is 8.55. The first-order valence-corrected chi connectivity index (χ1v) is 4.33. The van der Waals surface area contributed by atoms with Gasteiger partial charge in [-0.15, -0.1) is 11.3 Å². The number of carbonyl (C=O) groups is 1. The Hall–Kier alpha value is -0.550. The van der Waals surface area contributed by atoms with Crippen molar-refractivity contribution in [3.8, 4) is 0 Å². The normalized spacial score (nSPS) is 12.9. The largest absolute Gasteiger partial charge is 0.480 e. The van der Waals surface area contributed by atoms with Gasteiger partial charge in [0.25, 0.3) is 0 Å². The molecule has 0 fully saturated rings. The number of aromatic nitrogens is 1. The fraction of sp³-hybridized carbons (Fsp3) is 0.333. The van der Waals surface area contributed by atoms with Crippen molar-refractivity contribution in [1.82, 2.24) is 4.98 Å². The van der Waals surface area contributed by atoms with Crippen LogP contribution in [0.25, 0.3) is 0 Å². The van der Waals surface area contributed by atoms with E-state index in [0.29, 0.717) is 4.88 Å². The Morgan fingerprint density at radius 2 is 2.55 bits per heavy atom. The molecule has 0 spiro atoms. The van der Waals surface area contributed by atoms with Crippen LogP contribution in [0.4, 0.5) is 0 Å². The van der Waals surface area contributed by atoms with E-state index in [2.05, 4.69) is 17.6 Å². The number of aliphatic carboxylic acids is 1. The fourth-order valence-corrected chi connectivity index (χ4v) is 1.83. The second kappa shape index (κ2) is 3.23. The van der Waals surface area contributed by atoms with Gasteiger partial charge >= 0.3 is 5.97 Å². The first-order chi connectivity index (χ1) is 5.13. The Morgan fingerprint density at radius 1 is 1.91 bits per heavy atom. The maximum Gasteiger partial charge on any atom is 0.321 e. The van der Waals surface area contributed by atoms with Gasteiger partial charge in [-0.25, -0.2) is 4.98 Å². The van der Waals surface area contributed by atoms with Gasteiger partial charge in [0.15, 0.2) is 0 Å². The highest BCUT2D eigenvalue weighted by Crippen LogP contribution is 2.26. The van der Waals surface area contributed by atoms with E-state index < -0.39 is 11.2 Å². The van der Waals surface area contributed by atoms with Gasteiger partial charge in [0.2, 0.25) is 0 Å². The number of nitrogens with zero attached hydrogens (tertiary/aromatic N) is 1. The summed E-state index contributed by atoms with van der Waals surface area (Å²) in [6.45, 7) is 1.78. The lowest BCUT2D eigenvalue weighted by atomic mass is 10.3. The molecule has 1 unspecified atom stereocenters. The number of aryl methyl sites for hydroxylation is 1. The van der Waals surface area contributed by atoms with Gasteiger partial charge in [-0.05, 0) is 6.92 Å². The number of rotatable bonds is 2. The summed E-state index contributed by atoms with van der Waals surface area (Å²) < 4.78 is 0. The number of hydrogen-bond donors (Lipinski definition) is 2. The maximum atomic E-state index is 10.5. The number of thiol groups is 1. The standard InChI is InChI=1S/C6H7NO2S2/c1-3-5(11-2-7-3)4(10)6(8)9/h2,4,10H,1H3,(H,8,9). The minimum Gasteiger partial charge on any atom is -0.480 e. The van der Waals surface area contributed by atoms with Crippen molar-refractivity contribution in [2.45, 2.75) is 12.2 Å². The topological polar surface area (TPSA) is 50.2 Å².